The number of rotatable bonds is 73. The molecule has 2 unspecified atom stereocenters. The van der Waals surface area contributed by atoms with E-state index in [0.717, 1.165) is 102 Å². The second-order valence-corrected chi connectivity index (χ2v) is 30.5. The number of hydrogen-bond donors (Lipinski definition) is 3. The van der Waals surface area contributed by atoms with Gasteiger partial charge in [0.05, 0.1) is 26.4 Å². The van der Waals surface area contributed by atoms with Gasteiger partial charge < -0.3 is 33.8 Å². The molecule has 0 saturated carbocycles. The Morgan fingerprint density at radius 2 is 0.495 bits per heavy atom. The minimum Gasteiger partial charge on any atom is -0.462 e. The van der Waals surface area contributed by atoms with Crippen LogP contribution in [0, 0.1) is 11.8 Å². The lowest BCUT2D eigenvalue weighted by atomic mass is 10.0. The van der Waals surface area contributed by atoms with Crippen LogP contribution in [0.1, 0.15) is 382 Å². The highest BCUT2D eigenvalue weighted by Gasteiger charge is 2.30. The summed E-state index contributed by atoms with van der Waals surface area (Å²) in [6.07, 6.45) is 52.6. The lowest BCUT2D eigenvalue weighted by Gasteiger charge is -2.21. The van der Waals surface area contributed by atoms with Crippen molar-refractivity contribution in [2.45, 2.75) is 400 Å². The molecule has 0 radical (unpaired) electrons. The van der Waals surface area contributed by atoms with Gasteiger partial charge in [-0.3, -0.25) is 37.3 Å². The molecular weight excluding hydrogens is 1220 g/mol. The first-order valence-electron chi connectivity index (χ1n) is 38.5. The van der Waals surface area contributed by atoms with E-state index in [-0.39, 0.29) is 25.7 Å². The van der Waals surface area contributed by atoms with Crippen molar-refractivity contribution in [1.82, 2.24) is 0 Å². The molecule has 0 saturated heterocycles. The number of hydrogen-bond acceptors (Lipinski definition) is 15. The van der Waals surface area contributed by atoms with Crippen LogP contribution >= 0.6 is 15.6 Å². The Bertz CT molecular complexity index is 1800. The molecule has 0 fully saturated rings. The minimum absolute atomic E-state index is 0.107. The Kier molecular flexibility index (Phi) is 64.6. The number of carbonyl (C=O) groups is 4. The fraction of sp³-hybridized carbons (Fsp3) is 0.946. The summed E-state index contributed by atoms with van der Waals surface area (Å²) in [5.74, 6) is -0.532. The molecule has 0 aliphatic rings. The van der Waals surface area contributed by atoms with Crippen LogP contribution in [0.25, 0.3) is 0 Å². The predicted octanol–water partition coefficient (Wildman–Crippen LogP) is 21.6. The first kappa shape index (κ1) is 91.1. The largest absolute Gasteiger partial charge is 0.472 e. The zero-order valence-electron chi connectivity index (χ0n) is 60.6. The van der Waals surface area contributed by atoms with E-state index in [1.807, 2.05) is 0 Å². The van der Waals surface area contributed by atoms with Crippen LogP contribution in [0.4, 0.5) is 0 Å². The number of carbonyl (C=O) groups excluding carboxylic acids is 4. The Hall–Kier alpha value is -1.94. The summed E-state index contributed by atoms with van der Waals surface area (Å²) in [5.41, 5.74) is 0. The predicted molar refractivity (Wildman–Crippen MR) is 377 cm³/mol. The van der Waals surface area contributed by atoms with Crippen molar-refractivity contribution in [3.63, 3.8) is 0 Å². The average Bonchev–Trinajstić information content (AvgIpc) is 2.34. The lowest BCUT2D eigenvalue weighted by molar-refractivity contribution is -0.161. The summed E-state index contributed by atoms with van der Waals surface area (Å²) < 4.78 is 68.4. The summed E-state index contributed by atoms with van der Waals surface area (Å²) in [5, 5.41) is 10.6. The highest BCUT2D eigenvalue weighted by molar-refractivity contribution is 7.47. The van der Waals surface area contributed by atoms with Gasteiger partial charge in [-0.05, 0) is 37.5 Å². The molecule has 0 aliphatic carbocycles. The van der Waals surface area contributed by atoms with E-state index in [4.69, 9.17) is 37.0 Å². The molecule has 5 atom stereocenters. The van der Waals surface area contributed by atoms with Gasteiger partial charge >= 0.3 is 39.5 Å². The maximum atomic E-state index is 13.1. The third kappa shape index (κ3) is 68.4. The number of esters is 4. The molecule has 0 heterocycles. The zero-order chi connectivity index (χ0) is 68.6. The van der Waals surface area contributed by atoms with Crippen molar-refractivity contribution in [3.8, 4) is 0 Å². The van der Waals surface area contributed by atoms with Gasteiger partial charge in [0, 0.05) is 25.7 Å². The van der Waals surface area contributed by atoms with Crippen molar-refractivity contribution in [3.05, 3.63) is 0 Å². The SMILES string of the molecule is CCCCCCCCCCCCC(=O)OC[C@H](COP(=O)(O)OC[C@H](O)COP(=O)(O)OC[C@@H](COC(=O)CCCCCCCCCCCCCCCC(C)C)OC(=O)CCCCCCCCCCCCCCCCC(C)C)OC(=O)CCCCCCCCCCCC. The third-order valence-corrected chi connectivity index (χ3v) is 19.1. The number of phosphoric acid groups is 2. The number of phosphoric ester groups is 2. The molecule has 0 amide bonds. The van der Waals surface area contributed by atoms with Gasteiger partial charge in [-0.1, -0.05) is 330 Å². The van der Waals surface area contributed by atoms with E-state index in [1.54, 1.807) is 0 Å². The highest BCUT2D eigenvalue weighted by atomic mass is 31.2. The molecule has 0 aromatic heterocycles. The van der Waals surface area contributed by atoms with Gasteiger partial charge in [0.2, 0.25) is 0 Å². The second kappa shape index (κ2) is 66.0. The first-order chi connectivity index (χ1) is 44.9. The summed E-state index contributed by atoms with van der Waals surface area (Å²) in [4.78, 5) is 72.7. The number of aliphatic hydroxyl groups is 1. The number of aliphatic hydroxyl groups excluding tert-OH is 1. The van der Waals surface area contributed by atoms with Crippen LogP contribution in [-0.4, -0.2) is 96.7 Å². The Labute approximate surface area is 568 Å². The van der Waals surface area contributed by atoms with Crippen LogP contribution in [0.5, 0.6) is 0 Å². The van der Waals surface area contributed by atoms with Gasteiger partial charge in [-0.15, -0.1) is 0 Å². The summed E-state index contributed by atoms with van der Waals surface area (Å²) >= 11 is 0. The van der Waals surface area contributed by atoms with Crippen LogP contribution < -0.4 is 0 Å². The second-order valence-electron chi connectivity index (χ2n) is 27.6. The van der Waals surface area contributed by atoms with E-state index >= 15 is 0 Å². The lowest BCUT2D eigenvalue weighted by Crippen LogP contribution is -2.30. The van der Waals surface area contributed by atoms with Gasteiger partial charge in [-0.2, -0.15) is 0 Å². The molecule has 3 N–H and O–H groups in total. The number of ether oxygens (including phenoxy) is 4. The molecule has 0 spiro atoms. The molecular formula is C74H144O17P2. The third-order valence-electron chi connectivity index (χ3n) is 17.2. The Morgan fingerprint density at radius 3 is 0.731 bits per heavy atom. The fourth-order valence-electron chi connectivity index (χ4n) is 11.3. The molecule has 0 aromatic carbocycles. The summed E-state index contributed by atoms with van der Waals surface area (Å²) in [7, 11) is -9.90. The standard InChI is InChI=1S/C74H144O17P2/c1-7-9-11-13-15-17-32-38-44-50-56-71(76)84-62-69(90-73(78)58-52-46-40-33-18-16-14-12-10-8-2)64-88-92(80,81)86-60-68(75)61-87-93(82,83)89-65-70(63-85-72(77)57-51-45-39-34-28-25-21-23-27-31-37-43-49-55-67(5)6)91-74(79)59-53-47-41-35-29-24-20-19-22-26-30-36-42-48-54-66(3)4/h66-70,75H,7-65H2,1-6H3,(H,80,81)(H,82,83)/t68-,69+,70+/m0/s1. The fourth-order valence-corrected chi connectivity index (χ4v) is 12.9. The van der Waals surface area contributed by atoms with E-state index in [0.29, 0.717) is 25.7 Å². The molecule has 0 bridgehead atoms. The van der Waals surface area contributed by atoms with Gasteiger partial charge in [0.1, 0.15) is 19.3 Å². The van der Waals surface area contributed by atoms with Crippen LogP contribution in [0.2, 0.25) is 0 Å². The molecule has 17 nitrogen and oxygen atoms in total. The molecule has 552 valence electrons. The first-order valence-corrected chi connectivity index (χ1v) is 41.5. The van der Waals surface area contributed by atoms with Crippen molar-refractivity contribution in [1.29, 1.82) is 0 Å². The molecule has 19 heteroatoms. The van der Waals surface area contributed by atoms with E-state index < -0.39 is 97.5 Å². The normalized spacial score (nSPS) is 14.1. The number of unbranched alkanes of at least 4 members (excludes halogenated alkanes) is 43. The van der Waals surface area contributed by atoms with Gasteiger partial charge in [-0.25, -0.2) is 9.13 Å². The molecule has 0 aromatic rings. The molecule has 0 rings (SSSR count). The van der Waals surface area contributed by atoms with Crippen LogP contribution in [0.3, 0.4) is 0 Å². The maximum Gasteiger partial charge on any atom is 0.472 e. The van der Waals surface area contributed by atoms with Crippen molar-refractivity contribution < 1.29 is 80.2 Å². The van der Waals surface area contributed by atoms with E-state index in [9.17, 15) is 43.2 Å². The van der Waals surface area contributed by atoms with Crippen LogP contribution in [-0.2, 0) is 65.4 Å². The summed E-state index contributed by atoms with van der Waals surface area (Å²) in [6.45, 7) is 9.61. The average molecular weight is 1370 g/mol. The summed E-state index contributed by atoms with van der Waals surface area (Å²) in [6, 6.07) is 0. The van der Waals surface area contributed by atoms with Gasteiger partial charge in [0.15, 0.2) is 12.2 Å². The highest BCUT2D eigenvalue weighted by Crippen LogP contribution is 2.45. The smallest absolute Gasteiger partial charge is 0.462 e. The van der Waals surface area contributed by atoms with Crippen molar-refractivity contribution >= 4 is 39.5 Å². The molecule has 93 heavy (non-hydrogen) atoms. The maximum absolute atomic E-state index is 13.1. The van der Waals surface area contributed by atoms with Crippen molar-refractivity contribution in [2.24, 2.45) is 11.8 Å². The van der Waals surface area contributed by atoms with E-state index in [2.05, 4.69) is 41.5 Å². The Morgan fingerprint density at radius 1 is 0.290 bits per heavy atom. The quantitative estimate of drug-likeness (QED) is 0.0222. The van der Waals surface area contributed by atoms with Gasteiger partial charge in [0.25, 0.3) is 0 Å². The monoisotopic (exact) mass is 1370 g/mol. The Balaban J connectivity index is 5.22. The van der Waals surface area contributed by atoms with E-state index in [1.165, 1.54) is 199 Å². The zero-order valence-corrected chi connectivity index (χ0v) is 62.3. The van der Waals surface area contributed by atoms with Crippen LogP contribution in [0.15, 0.2) is 0 Å². The minimum atomic E-state index is -4.96. The molecule has 0 aliphatic heterocycles. The van der Waals surface area contributed by atoms with Crippen molar-refractivity contribution in [2.75, 3.05) is 39.6 Å². The topological polar surface area (TPSA) is 237 Å².